The largest absolute Gasteiger partial charge is 0.330 e. The van der Waals surface area contributed by atoms with Gasteiger partial charge in [0.2, 0.25) is 0 Å². The van der Waals surface area contributed by atoms with E-state index in [1.165, 1.54) is 12.1 Å². The Balaban J connectivity index is 3.02. The van der Waals surface area contributed by atoms with E-state index in [9.17, 15) is 13.2 Å². The number of carbonyl (C=O) groups excluding carboxylic acids is 1. The van der Waals surface area contributed by atoms with Crippen LogP contribution in [-0.2, 0) is 9.84 Å². The van der Waals surface area contributed by atoms with Gasteiger partial charge in [0.25, 0.3) is 0 Å². The summed E-state index contributed by atoms with van der Waals surface area (Å²) in [5, 5.41) is 0. The smallest absolute Gasteiger partial charge is 0.175 e. The normalized spacial score (nSPS) is 13.6. The zero-order chi connectivity index (χ0) is 13.9. The minimum atomic E-state index is -3.22. The summed E-state index contributed by atoms with van der Waals surface area (Å²) in [4.78, 5) is 12.4. The molecule has 5 heteroatoms. The van der Waals surface area contributed by atoms with Gasteiger partial charge < -0.3 is 5.73 Å². The summed E-state index contributed by atoms with van der Waals surface area (Å²) in [6.45, 7) is 4.19. The lowest BCUT2D eigenvalue weighted by Gasteiger charge is -2.17. The maximum absolute atomic E-state index is 12.1. The van der Waals surface area contributed by atoms with Crippen molar-refractivity contribution < 1.29 is 13.2 Å². The van der Waals surface area contributed by atoms with E-state index in [0.717, 1.165) is 6.26 Å². The molecule has 0 aliphatic rings. The van der Waals surface area contributed by atoms with E-state index in [4.69, 9.17) is 5.73 Å². The predicted octanol–water partition coefficient (Wildman–Crippen LogP) is 1.50. The molecule has 0 aromatic heterocycles. The fraction of sp³-hybridized carbons (Fsp3) is 0.462. The number of benzene rings is 1. The Morgan fingerprint density at radius 3 is 2.06 bits per heavy atom. The van der Waals surface area contributed by atoms with Crippen molar-refractivity contribution in [2.75, 3.05) is 12.8 Å². The van der Waals surface area contributed by atoms with E-state index >= 15 is 0 Å². The SMILES string of the molecule is CC(C)C(CN)C(=O)c1ccc(S(C)(=O)=O)cc1. The van der Waals surface area contributed by atoms with Crippen LogP contribution >= 0.6 is 0 Å². The van der Waals surface area contributed by atoms with Crippen molar-refractivity contribution in [3.63, 3.8) is 0 Å². The van der Waals surface area contributed by atoms with Crippen LogP contribution < -0.4 is 5.73 Å². The van der Waals surface area contributed by atoms with Crippen LogP contribution in [-0.4, -0.2) is 27.0 Å². The van der Waals surface area contributed by atoms with Crippen LogP contribution in [0.15, 0.2) is 29.2 Å². The Morgan fingerprint density at radius 1 is 1.22 bits per heavy atom. The summed E-state index contributed by atoms with van der Waals surface area (Å²) in [5.41, 5.74) is 6.10. The minimum absolute atomic E-state index is 0.0347. The maximum Gasteiger partial charge on any atom is 0.175 e. The summed E-state index contributed by atoms with van der Waals surface area (Å²) in [7, 11) is -3.22. The molecule has 1 aromatic carbocycles. The highest BCUT2D eigenvalue weighted by Crippen LogP contribution is 2.18. The highest BCUT2D eigenvalue weighted by Gasteiger charge is 2.22. The van der Waals surface area contributed by atoms with Gasteiger partial charge in [0.15, 0.2) is 15.6 Å². The van der Waals surface area contributed by atoms with E-state index in [1.807, 2.05) is 13.8 Å². The molecule has 18 heavy (non-hydrogen) atoms. The average Bonchev–Trinajstić information content (AvgIpc) is 2.28. The predicted molar refractivity (Wildman–Crippen MR) is 71.3 cm³/mol. The highest BCUT2D eigenvalue weighted by atomic mass is 32.2. The Kier molecular flexibility index (Phi) is 4.65. The number of carbonyl (C=O) groups is 1. The molecule has 4 nitrogen and oxygen atoms in total. The summed E-state index contributed by atoms with van der Waals surface area (Å²) in [5.74, 6) is -0.0984. The molecule has 0 amide bonds. The molecule has 0 heterocycles. The highest BCUT2D eigenvalue weighted by molar-refractivity contribution is 7.90. The minimum Gasteiger partial charge on any atom is -0.330 e. The third-order valence-electron chi connectivity index (χ3n) is 2.96. The number of Topliss-reactive ketones (excluding diaryl/α,β-unsaturated/α-hetero) is 1. The molecule has 100 valence electrons. The topological polar surface area (TPSA) is 77.2 Å². The lowest BCUT2D eigenvalue weighted by molar-refractivity contribution is 0.0892. The molecule has 0 bridgehead atoms. The monoisotopic (exact) mass is 269 g/mol. The zero-order valence-corrected chi connectivity index (χ0v) is 11.7. The van der Waals surface area contributed by atoms with Crippen LogP contribution in [0.2, 0.25) is 0 Å². The van der Waals surface area contributed by atoms with Crippen LogP contribution in [0.4, 0.5) is 0 Å². The van der Waals surface area contributed by atoms with E-state index in [2.05, 4.69) is 0 Å². The average molecular weight is 269 g/mol. The molecule has 1 unspecified atom stereocenters. The molecule has 0 spiro atoms. The van der Waals surface area contributed by atoms with Crippen LogP contribution in [0.3, 0.4) is 0 Å². The number of hydrogen-bond acceptors (Lipinski definition) is 4. The second-order valence-electron chi connectivity index (χ2n) is 4.75. The van der Waals surface area contributed by atoms with Crippen molar-refractivity contribution in [3.8, 4) is 0 Å². The van der Waals surface area contributed by atoms with Gasteiger partial charge in [-0.1, -0.05) is 26.0 Å². The van der Waals surface area contributed by atoms with E-state index in [0.29, 0.717) is 12.1 Å². The summed E-state index contributed by atoms with van der Waals surface area (Å²) in [6, 6.07) is 6.00. The van der Waals surface area contributed by atoms with Gasteiger partial charge >= 0.3 is 0 Å². The summed E-state index contributed by atoms with van der Waals surface area (Å²) < 4.78 is 22.6. The number of hydrogen-bond donors (Lipinski definition) is 1. The Hall–Kier alpha value is -1.20. The van der Waals surface area contributed by atoms with E-state index < -0.39 is 9.84 Å². The molecular formula is C13H19NO3S. The van der Waals surface area contributed by atoms with Gasteiger partial charge in [-0.3, -0.25) is 4.79 Å². The van der Waals surface area contributed by atoms with Crippen molar-refractivity contribution in [1.82, 2.24) is 0 Å². The van der Waals surface area contributed by atoms with Crippen LogP contribution in [0.5, 0.6) is 0 Å². The molecule has 1 atom stereocenters. The number of rotatable bonds is 5. The van der Waals surface area contributed by atoms with Gasteiger partial charge in [-0.05, 0) is 18.1 Å². The Bertz CT molecular complexity index is 518. The Labute approximate surface area is 108 Å². The first kappa shape index (κ1) is 14.9. The zero-order valence-electron chi connectivity index (χ0n) is 10.9. The molecule has 0 radical (unpaired) electrons. The second kappa shape index (κ2) is 5.63. The fourth-order valence-corrected chi connectivity index (χ4v) is 2.39. The molecule has 2 N–H and O–H groups in total. The van der Waals surface area contributed by atoms with Crippen molar-refractivity contribution in [3.05, 3.63) is 29.8 Å². The lowest BCUT2D eigenvalue weighted by atomic mass is 9.88. The van der Waals surface area contributed by atoms with Crippen LogP contribution in [0, 0.1) is 11.8 Å². The second-order valence-corrected chi connectivity index (χ2v) is 6.76. The van der Waals surface area contributed by atoms with Gasteiger partial charge in [-0.15, -0.1) is 0 Å². The molecule has 0 saturated heterocycles. The third-order valence-corrected chi connectivity index (χ3v) is 4.09. The third kappa shape index (κ3) is 3.40. The molecule has 0 saturated carbocycles. The van der Waals surface area contributed by atoms with Crippen molar-refractivity contribution in [2.24, 2.45) is 17.6 Å². The standard InChI is InChI=1S/C13H19NO3S/c1-9(2)12(8-14)13(15)10-4-6-11(7-5-10)18(3,16)17/h4-7,9,12H,8,14H2,1-3H3. The first-order valence-corrected chi connectivity index (χ1v) is 7.71. The molecule has 1 aromatic rings. The van der Waals surface area contributed by atoms with Gasteiger partial charge in [0.05, 0.1) is 4.90 Å². The van der Waals surface area contributed by atoms with Crippen molar-refractivity contribution in [2.45, 2.75) is 18.7 Å². The fourth-order valence-electron chi connectivity index (χ4n) is 1.76. The molecule has 1 rings (SSSR count). The Morgan fingerprint density at radius 2 is 1.72 bits per heavy atom. The van der Waals surface area contributed by atoms with Crippen LogP contribution in [0.1, 0.15) is 24.2 Å². The number of ketones is 1. The first-order chi connectivity index (χ1) is 8.27. The quantitative estimate of drug-likeness (QED) is 0.822. The van der Waals surface area contributed by atoms with Crippen molar-refractivity contribution >= 4 is 15.6 Å². The van der Waals surface area contributed by atoms with Gasteiger partial charge in [-0.2, -0.15) is 0 Å². The first-order valence-electron chi connectivity index (χ1n) is 5.81. The van der Waals surface area contributed by atoms with Gasteiger partial charge in [0.1, 0.15) is 0 Å². The van der Waals surface area contributed by atoms with Gasteiger partial charge in [0, 0.05) is 24.3 Å². The van der Waals surface area contributed by atoms with E-state index in [1.54, 1.807) is 12.1 Å². The molecule has 0 aliphatic heterocycles. The molecule has 0 aliphatic carbocycles. The molecular weight excluding hydrogens is 250 g/mol. The number of nitrogens with two attached hydrogens (primary N) is 1. The van der Waals surface area contributed by atoms with Crippen molar-refractivity contribution in [1.29, 1.82) is 0 Å². The lowest BCUT2D eigenvalue weighted by Crippen LogP contribution is -2.28. The van der Waals surface area contributed by atoms with Crippen LogP contribution in [0.25, 0.3) is 0 Å². The summed E-state index contributed by atoms with van der Waals surface area (Å²) in [6.07, 6.45) is 1.14. The number of sulfone groups is 1. The molecule has 0 fully saturated rings. The van der Waals surface area contributed by atoms with Gasteiger partial charge in [-0.25, -0.2) is 8.42 Å². The van der Waals surface area contributed by atoms with E-state index in [-0.39, 0.29) is 22.5 Å². The maximum atomic E-state index is 12.1. The summed E-state index contributed by atoms with van der Waals surface area (Å²) >= 11 is 0.